The van der Waals surface area contributed by atoms with Crippen LogP contribution < -0.4 is 4.72 Å². The second kappa shape index (κ2) is 5.89. The van der Waals surface area contributed by atoms with Crippen LogP contribution >= 0.6 is 23.2 Å². The number of sulfonamides is 1. The van der Waals surface area contributed by atoms with Crippen LogP contribution in [0.15, 0.2) is 23.1 Å². The lowest BCUT2D eigenvalue weighted by atomic mass is 9.88. The molecule has 0 aliphatic carbocycles. The molecule has 0 bridgehead atoms. The standard InChI is InChI=1S/C12H15Cl2NO4S/c1-12(2,3)10(11(16)17)15-20(18,19)9-5-7(13)4-8(14)6-9/h4-6,10,15H,1-3H3,(H,16,17)/t10-/m1/s1. The molecule has 0 amide bonds. The minimum Gasteiger partial charge on any atom is -0.480 e. The van der Waals surface area contributed by atoms with Gasteiger partial charge in [0, 0.05) is 10.0 Å². The molecular weight excluding hydrogens is 325 g/mol. The molecule has 1 rings (SSSR count). The first-order valence-electron chi connectivity index (χ1n) is 5.65. The van der Waals surface area contributed by atoms with Gasteiger partial charge in [-0.15, -0.1) is 0 Å². The fourth-order valence-corrected chi connectivity index (χ4v) is 3.62. The van der Waals surface area contributed by atoms with Gasteiger partial charge in [-0.25, -0.2) is 8.42 Å². The predicted octanol–water partition coefficient (Wildman–Crippen LogP) is 2.77. The molecule has 0 saturated heterocycles. The predicted molar refractivity (Wildman–Crippen MR) is 77.7 cm³/mol. The Morgan fingerprint density at radius 3 is 2.00 bits per heavy atom. The van der Waals surface area contributed by atoms with Crippen molar-refractivity contribution in [2.24, 2.45) is 5.41 Å². The van der Waals surface area contributed by atoms with Crippen LogP contribution in [0.3, 0.4) is 0 Å². The summed E-state index contributed by atoms with van der Waals surface area (Å²) < 4.78 is 26.6. The SMILES string of the molecule is CC(C)(C)[C@H](NS(=O)(=O)c1cc(Cl)cc(Cl)c1)C(=O)O. The molecule has 0 aliphatic heterocycles. The Morgan fingerprint density at radius 2 is 1.65 bits per heavy atom. The molecule has 0 saturated carbocycles. The molecule has 0 spiro atoms. The van der Waals surface area contributed by atoms with E-state index in [0.717, 1.165) is 0 Å². The third kappa shape index (κ3) is 4.34. The number of hydrogen-bond acceptors (Lipinski definition) is 3. The Balaban J connectivity index is 3.20. The Hall–Kier alpha value is -0.820. The summed E-state index contributed by atoms with van der Waals surface area (Å²) in [4.78, 5) is 11.0. The maximum absolute atomic E-state index is 12.2. The van der Waals surface area contributed by atoms with E-state index in [0.29, 0.717) is 0 Å². The summed E-state index contributed by atoms with van der Waals surface area (Å²) in [5, 5.41) is 9.46. The van der Waals surface area contributed by atoms with Crippen LogP contribution in [0.1, 0.15) is 20.8 Å². The van der Waals surface area contributed by atoms with E-state index in [4.69, 9.17) is 28.3 Å². The van der Waals surface area contributed by atoms with Crippen molar-refractivity contribution in [2.45, 2.75) is 31.7 Å². The molecule has 0 aliphatic rings. The highest BCUT2D eigenvalue weighted by Crippen LogP contribution is 2.25. The molecule has 112 valence electrons. The summed E-state index contributed by atoms with van der Waals surface area (Å²) in [5.41, 5.74) is -0.790. The zero-order chi connectivity index (χ0) is 15.7. The van der Waals surface area contributed by atoms with Crippen molar-refractivity contribution in [2.75, 3.05) is 0 Å². The smallest absolute Gasteiger partial charge is 0.322 e. The van der Waals surface area contributed by atoms with Crippen LogP contribution in [0.4, 0.5) is 0 Å². The van der Waals surface area contributed by atoms with E-state index in [1.807, 2.05) is 0 Å². The van der Waals surface area contributed by atoms with Crippen LogP contribution in [-0.4, -0.2) is 25.5 Å². The number of carbonyl (C=O) groups is 1. The van der Waals surface area contributed by atoms with Gasteiger partial charge in [-0.05, 0) is 23.6 Å². The first kappa shape index (κ1) is 17.2. The Morgan fingerprint density at radius 1 is 1.20 bits per heavy atom. The second-order valence-electron chi connectivity index (χ2n) is 5.36. The minimum absolute atomic E-state index is 0.153. The highest BCUT2D eigenvalue weighted by molar-refractivity contribution is 7.89. The average Bonchev–Trinajstić information content (AvgIpc) is 2.22. The average molecular weight is 340 g/mol. The first-order valence-corrected chi connectivity index (χ1v) is 7.88. The molecular formula is C12H15Cl2NO4S. The Labute approximate surface area is 127 Å². The number of rotatable bonds is 4. The van der Waals surface area contributed by atoms with Crippen LogP contribution in [0, 0.1) is 5.41 Å². The van der Waals surface area contributed by atoms with Crippen LogP contribution in [0.2, 0.25) is 10.0 Å². The lowest BCUT2D eigenvalue weighted by Gasteiger charge is -2.27. The quantitative estimate of drug-likeness (QED) is 0.883. The van der Waals surface area contributed by atoms with Crippen LogP contribution in [0.25, 0.3) is 0 Å². The molecule has 0 unspecified atom stereocenters. The van der Waals surface area contributed by atoms with Gasteiger partial charge in [0.15, 0.2) is 0 Å². The zero-order valence-corrected chi connectivity index (χ0v) is 13.5. The normalized spacial score (nSPS) is 14.1. The molecule has 0 radical (unpaired) electrons. The highest BCUT2D eigenvalue weighted by atomic mass is 35.5. The molecule has 1 atom stereocenters. The van der Waals surface area contributed by atoms with Gasteiger partial charge in [0.05, 0.1) is 4.90 Å². The third-order valence-corrected chi connectivity index (χ3v) is 4.37. The van der Waals surface area contributed by atoms with Crippen molar-refractivity contribution >= 4 is 39.2 Å². The fraction of sp³-hybridized carbons (Fsp3) is 0.417. The van der Waals surface area contributed by atoms with Crippen molar-refractivity contribution in [3.63, 3.8) is 0 Å². The summed E-state index contributed by atoms with van der Waals surface area (Å²) >= 11 is 11.5. The zero-order valence-electron chi connectivity index (χ0n) is 11.1. The van der Waals surface area contributed by atoms with Crippen LogP contribution in [0.5, 0.6) is 0 Å². The van der Waals surface area contributed by atoms with Gasteiger partial charge >= 0.3 is 5.97 Å². The minimum atomic E-state index is -4.03. The fourth-order valence-electron chi connectivity index (χ4n) is 1.50. The molecule has 0 fully saturated rings. The van der Waals surface area contributed by atoms with Crippen molar-refractivity contribution in [1.29, 1.82) is 0 Å². The lowest BCUT2D eigenvalue weighted by molar-refractivity contribution is -0.141. The number of carboxylic acid groups (broad SMARTS) is 1. The van der Waals surface area contributed by atoms with Crippen molar-refractivity contribution in [1.82, 2.24) is 4.72 Å². The largest absolute Gasteiger partial charge is 0.480 e. The number of halogens is 2. The summed E-state index contributed by atoms with van der Waals surface area (Å²) in [7, 11) is -4.03. The topological polar surface area (TPSA) is 83.5 Å². The van der Waals surface area contributed by atoms with E-state index in [9.17, 15) is 13.2 Å². The van der Waals surface area contributed by atoms with Gasteiger partial charge in [0.2, 0.25) is 10.0 Å². The molecule has 1 aromatic carbocycles. The number of hydrogen-bond donors (Lipinski definition) is 2. The lowest BCUT2D eigenvalue weighted by Crippen LogP contribution is -2.48. The molecule has 5 nitrogen and oxygen atoms in total. The maximum atomic E-state index is 12.2. The third-order valence-electron chi connectivity index (χ3n) is 2.53. The summed E-state index contributed by atoms with van der Waals surface area (Å²) in [6.07, 6.45) is 0. The number of carboxylic acids is 1. The van der Waals surface area contributed by atoms with Crippen molar-refractivity contribution in [3.05, 3.63) is 28.2 Å². The molecule has 0 aromatic heterocycles. The van der Waals surface area contributed by atoms with Crippen molar-refractivity contribution < 1.29 is 18.3 Å². The van der Waals surface area contributed by atoms with E-state index in [-0.39, 0.29) is 14.9 Å². The maximum Gasteiger partial charge on any atom is 0.322 e. The van der Waals surface area contributed by atoms with E-state index in [1.54, 1.807) is 20.8 Å². The Kier molecular flexibility index (Phi) is 5.08. The summed E-state index contributed by atoms with van der Waals surface area (Å²) in [6.45, 7) is 4.87. The van der Waals surface area contributed by atoms with Crippen molar-refractivity contribution in [3.8, 4) is 0 Å². The van der Waals surface area contributed by atoms with Gasteiger partial charge in [0.1, 0.15) is 6.04 Å². The van der Waals surface area contributed by atoms with Gasteiger partial charge in [0.25, 0.3) is 0 Å². The van der Waals surface area contributed by atoms with Gasteiger partial charge in [-0.3, -0.25) is 4.79 Å². The first-order chi connectivity index (χ1) is 8.93. The molecule has 8 heteroatoms. The van der Waals surface area contributed by atoms with E-state index in [1.165, 1.54) is 18.2 Å². The molecule has 1 aromatic rings. The number of benzene rings is 1. The number of aliphatic carboxylic acids is 1. The summed E-state index contributed by atoms with van der Waals surface area (Å²) in [5.74, 6) is -1.26. The van der Waals surface area contributed by atoms with Gasteiger partial charge in [-0.1, -0.05) is 44.0 Å². The number of nitrogens with one attached hydrogen (secondary N) is 1. The molecule has 2 N–H and O–H groups in total. The van der Waals surface area contributed by atoms with E-state index < -0.39 is 27.4 Å². The Bertz CT molecular complexity index is 603. The summed E-state index contributed by atoms with van der Waals surface area (Å²) in [6, 6.07) is 2.53. The van der Waals surface area contributed by atoms with Gasteiger partial charge < -0.3 is 5.11 Å². The second-order valence-corrected chi connectivity index (χ2v) is 7.95. The highest BCUT2D eigenvalue weighted by Gasteiger charge is 2.35. The molecule has 20 heavy (non-hydrogen) atoms. The van der Waals surface area contributed by atoms with Gasteiger partial charge in [-0.2, -0.15) is 4.72 Å². The van der Waals surface area contributed by atoms with E-state index in [2.05, 4.69) is 4.72 Å². The van der Waals surface area contributed by atoms with E-state index >= 15 is 0 Å². The molecule has 0 heterocycles. The monoisotopic (exact) mass is 339 g/mol. The van der Waals surface area contributed by atoms with Crippen LogP contribution in [-0.2, 0) is 14.8 Å².